The van der Waals surface area contributed by atoms with Crippen LogP contribution in [0.25, 0.3) is 0 Å². The number of alkyl halides is 3. The van der Waals surface area contributed by atoms with Crippen LogP contribution < -0.4 is 10.2 Å². The Balaban J connectivity index is 1.58. The smallest absolute Gasteiger partial charge is 0.339 e. The lowest BCUT2D eigenvalue weighted by atomic mass is 9.84. The molecule has 1 amide bonds. The summed E-state index contributed by atoms with van der Waals surface area (Å²) in [7, 11) is 0. The van der Waals surface area contributed by atoms with Gasteiger partial charge in [-0.05, 0) is 30.5 Å². The first-order valence-electron chi connectivity index (χ1n) is 9.38. The Morgan fingerprint density at radius 3 is 2.07 bits per heavy atom. The summed E-state index contributed by atoms with van der Waals surface area (Å²) in [5, 5.41) is 2.88. The Bertz CT molecular complexity index is 818. The number of anilines is 1. The van der Waals surface area contributed by atoms with Crippen molar-refractivity contribution in [2.45, 2.75) is 30.6 Å². The Kier molecular flexibility index (Phi) is 4.79. The molecule has 0 radical (unpaired) electrons. The van der Waals surface area contributed by atoms with Crippen LogP contribution in [0.5, 0.6) is 0 Å². The van der Waals surface area contributed by atoms with Gasteiger partial charge < -0.3 is 10.2 Å². The summed E-state index contributed by atoms with van der Waals surface area (Å²) in [4.78, 5) is 16.1. The van der Waals surface area contributed by atoms with Gasteiger partial charge in [-0.3, -0.25) is 9.69 Å². The average molecular weight is 389 g/mol. The molecule has 0 saturated carbocycles. The Labute approximate surface area is 161 Å². The summed E-state index contributed by atoms with van der Waals surface area (Å²) in [6.45, 7) is 0.788. The molecule has 0 aromatic heterocycles. The van der Waals surface area contributed by atoms with E-state index in [1.807, 2.05) is 35.2 Å². The van der Waals surface area contributed by atoms with Gasteiger partial charge in [-0.15, -0.1) is 0 Å². The summed E-state index contributed by atoms with van der Waals surface area (Å²) >= 11 is 0. The molecule has 1 spiro atoms. The molecule has 1 unspecified atom stereocenters. The van der Waals surface area contributed by atoms with Gasteiger partial charge in [0.2, 0.25) is 5.91 Å². The van der Waals surface area contributed by atoms with Gasteiger partial charge in [0, 0.05) is 18.8 Å². The zero-order valence-corrected chi connectivity index (χ0v) is 15.3. The Hall–Kier alpha value is -2.54. The van der Waals surface area contributed by atoms with Crippen LogP contribution in [-0.2, 0) is 4.79 Å². The Morgan fingerprint density at radius 1 is 0.929 bits per heavy atom. The molecule has 2 aliphatic rings. The number of halogens is 3. The van der Waals surface area contributed by atoms with Crippen molar-refractivity contribution < 1.29 is 18.0 Å². The molecule has 2 heterocycles. The van der Waals surface area contributed by atoms with Crippen molar-refractivity contribution in [3.63, 3.8) is 0 Å². The fourth-order valence-electron chi connectivity index (χ4n) is 4.43. The largest absolute Gasteiger partial charge is 0.408 e. The van der Waals surface area contributed by atoms with Crippen LogP contribution in [0.15, 0.2) is 60.7 Å². The van der Waals surface area contributed by atoms with Crippen LogP contribution in [0.4, 0.5) is 18.9 Å². The minimum absolute atomic E-state index is 0.0979. The van der Waals surface area contributed by atoms with Crippen molar-refractivity contribution in [1.82, 2.24) is 10.2 Å². The van der Waals surface area contributed by atoms with Gasteiger partial charge in [0.05, 0.1) is 6.67 Å². The monoisotopic (exact) mass is 389 g/mol. The van der Waals surface area contributed by atoms with E-state index in [1.165, 1.54) is 17.0 Å². The maximum atomic E-state index is 13.8. The molecular formula is C21H22F3N3O. The first-order chi connectivity index (χ1) is 13.4. The molecule has 1 N–H and O–H groups in total. The van der Waals surface area contributed by atoms with E-state index in [9.17, 15) is 18.0 Å². The molecule has 0 bridgehead atoms. The number of likely N-dealkylation sites (tertiary alicyclic amines) is 1. The molecule has 2 aliphatic heterocycles. The summed E-state index contributed by atoms with van der Waals surface area (Å²) in [6, 6.07) is 15.9. The minimum atomic E-state index is -4.37. The van der Waals surface area contributed by atoms with E-state index < -0.39 is 17.8 Å². The number of carbonyl (C=O) groups is 1. The lowest BCUT2D eigenvalue weighted by Gasteiger charge is -2.45. The molecule has 4 rings (SSSR count). The van der Waals surface area contributed by atoms with Gasteiger partial charge in [0.25, 0.3) is 0 Å². The molecule has 2 fully saturated rings. The number of hydrogen-bond acceptors (Lipinski definition) is 3. The van der Waals surface area contributed by atoms with E-state index >= 15 is 0 Å². The number of benzene rings is 2. The summed E-state index contributed by atoms with van der Waals surface area (Å²) < 4.78 is 41.5. The maximum absolute atomic E-state index is 13.8. The first-order valence-corrected chi connectivity index (χ1v) is 9.38. The van der Waals surface area contributed by atoms with Gasteiger partial charge in [0.1, 0.15) is 11.6 Å². The molecule has 7 heteroatoms. The third-order valence-corrected chi connectivity index (χ3v) is 5.82. The van der Waals surface area contributed by atoms with Gasteiger partial charge in [-0.1, -0.05) is 48.5 Å². The maximum Gasteiger partial charge on any atom is 0.408 e. The van der Waals surface area contributed by atoms with E-state index in [-0.39, 0.29) is 24.6 Å². The van der Waals surface area contributed by atoms with Gasteiger partial charge in [-0.2, -0.15) is 13.2 Å². The van der Waals surface area contributed by atoms with Gasteiger partial charge in [-0.25, -0.2) is 0 Å². The van der Waals surface area contributed by atoms with Crippen molar-refractivity contribution in [3.8, 4) is 0 Å². The van der Waals surface area contributed by atoms with Gasteiger partial charge >= 0.3 is 6.18 Å². The molecular weight excluding hydrogens is 367 g/mol. The first kappa shape index (κ1) is 18.8. The average Bonchev–Trinajstić information content (AvgIpc) is 3.00. The second-order valence-corrected chi connectivity index (χ2v) is 7.35. The summed E-state index contributed by atoms with van der Waals surface area (Å²) in [5.41, 5.74) is 0.358. The van der Waals surface area contributed by atoms with Crippen molar-refractivity contribution in [2.75, 3.05) is 24.7 Å². The number of hydrogen-bond donors (Lipinski definition) is 1. The lowest BCUT2D eigenvalue weighted by Crippen LogP contribution is -2.57. The topological polar surface area (TPSA) is 35.6 Å². The van der Waals surface area contributed by atoms with Crippen molar-refractivity contribution in [3.05, 3.63) is 66.2 Å². The molecule has 28 heavy (non-hydrogen) atoms. The predicted octanol–water partition coefficient (Wildman–Crippen LogP) is 3.72. The van der Waals surface area contributed by atoms with Crippen LogP contribution >= 0.6 is 0 Å². The predicted molar refractivity (Wildman–Crippen MR) is 101 cm³/mol. The normalized spacial score (nSPS) is 21.0. The van der Waals surface area contributed by atoms with Crippen LogP contribution in [0.1, 0.15) is 24.4 Å². The highest BCUT2D eigenvalue weighted by Crippen LogP contribution is 2.43. The molecule has 148 valence electrons. The second-order valence-electron chi connectivity index (χ2n) is 7.35. The van der Waals surface area contributed by atoms with Gasteiger partial charge in [0.15, 0.2) is 0 Å². The number of nitrogens with one attached hydrogen (secondary N) is 1. The minimum Gasteiger partial charge on any atom is -0.339 e. The zero-order chi connectivity index (χ0) is 19.8. The molecule has 4 nitrogen and oxygen atoms in total. The number of carbonyl (C=O) groups excluding carboxylic acids is 1. The SMILES string of the molecule is O=C1NCN(c2ccccc2)C12CCN(C(c1ccccc1)C(F)(F)F)CC2. The van der Waals surface area contributed by atoms with Crippen LogP contribution in [-0.4, -0.2) is 42.3 Å². The summed E-state index contributed by atoms with van der Waals surface area (Å²) in [5.74, 6) is -0.0979. The number of para-hydroxylation sites is 1. The highest BCUT2D eigenvalue weighted by molar-refractivity contribution is 5.93. The summed E-state index contributed by atoms with van der Waals surface area (Å²) in [6.07, 6.45) is -3.66. The van der Waals surface area contributed by atoms with Crippen LogP contribution in [0.2, 0.25) is 0 Å². The molecule has 2 aromatic carbocycles. The fourth-order valence-corrected chi connectivity index (χ4v) is 4.43. The standard InChI is InChI=1S/C21H22F3N3O/c22-21(23,24)18(16-7-3-1-4-8-16)26-13-11-20(12-14-26)19(28)25-15-27(20)17-9-5-2-6-10-17/h1-10,18H,11-15H2,(H,25,28). The van der Waals surface area contributed by atoms with Crippen molar-refractivity contribution in [2.24, 2.45) is 0 Å². The van der Waals surface area contributed by atoms with E-state index in [0.717, 1.165) is 5.69 Å². The van der Waals surface area contributed by atoms with Crippen molar-refractivity contribution in [1.29, 1.82) is 0 Å². The molecule has 1 atom stereocenters. The van der Waals surface area contributed by atoms with Crippen molar-refractivity contribution >= 4 is 11.6 Å². The second kappa shape index (κ2) is 7.13. The molecule has 0 aliphatic carbocycles. The Morgan fingerprint density at radius 2 is 1.50 bits per heavy atom. The third-order valence-electron chi connectivity index (χ3n) is 5.82. The number of piperidine rings is 1. The van der Waals surface area contributed by atoms with E-state index in [1.54, 1.807) is 18.2 Å². The highest BCUT2D eigenvalue weighted by atomic mass is 19.4. The number of rotatable bonds is 3. The quantitative estimate of drug-likeness (QED) is 0.869. The molecule has 2 saturated heterocycles. The van der Waals surface area contributed by atoms with E-state index in [2.05, 4.69) is 5.32 Å². The fraction of sp³-hybridized carbons (Fsp3) is 0.381. The van der Waals surface area contributed by atoms with E-state index in [4.69, 9.17) is 0 Å². The van der Waals surface area contributed by atoms with E-state index in [0.29, 0.717) is 19.5 Å². The number of nitrogens with zero attached hydrogens (tertiary/aromatic N) is 2. The number of amides is 1. The lowest BCUT2D eigenvalue weighted by molar-refractivity contribution is -0.190. The zero-order valence-electron chi connectivity index (χ0n) is 15.3. The third kappa shape index (κ3) is 3.24. The van der Waals surface area contributed by atoms with Crippen LogP contribution in [0.3, 0.4) is 0 Å². The van der Waals surface area contributed by atoms with Crippen LogP contribution in [0, 0.1) is 0 Å². The molecule has 2 aromatic rings. The highest BCUT2D eigenvalue weighted by Gasteiger charge is 2.53.